The number of hydrogen-bond acceptors (Lipinski definition) is 4. The van der Waals surface area contributed by atoms with Crippen LogP contribution in [0.1, 0.15) is 10.5 Å². The Kier molecular flexibility index (Phi) is 2.09. The number of amides is 1. The topological polar surface area (TPSA) is 105 Å². The number of carbonyl (C=O) groups is 1. The van der Waals surface area contributed by atoms with E-state index >= 15 is 0 Å². The summed E-state index contributed by atoms with van der Waals surface area (Å²) in [5, 5.41) is 18.9. The van der Waals surface area contributed by atoms with Crippen molar-refractivity contribution in [3.8, 4) is 17.0 Å². The molecule has 0 radical (unpaired) electrons. The van der Waals surface area contributed by atoms with Gasteiger partial charge < -0.3 is 10.8 Å². The van der Waals surface area contributed by atoms with E-state index in [0.29, 0.717) is 11.3 Å². The average molecular weight is 204 g/mol. The Labute approximate surface area is 84.7 Å². The van der Waals surface area contributed by atoms with Gasteiger partial charge in [0.25, 0.3) is 5.91 Å². The van der Waals surface area contributed by atoms with Gasteiger partial charge in [0.1, 0.15) is 11.4 Å². The van der Waals surface area contributed by atoms with Gasteiger partial charge in [-0.3, -0.25) is 4.79 Å². The number of aromatic nitrogens is 3. The van der Waals surface area contributed by atoms with E-state index in [2.05, 4.69) is 15.4 Å². The van der Waals surface area contributed by atoms with Gasteiger partial charge >= 0.3 is 0 Å². The van der Waals surface area contributed by atoms with Crippen LogP contribution in [0.4, 0.5) is 0 Å². The Morgan fingerprint density at radius 3 is 2.53 bits per heavy atom. The zero-order valence-electron chi connectivity index (χ0n) is 7.64. The van der Waals surface area contributed by atoms with Crippen molar-refractivity contribution in [2.75, 3.05) is 0 Å². The summed E-state index contributed by atoms with van der Waals surface area (Å²) in [6.45, 7) is 0. The summed E-state index contributed by atoms with van der Waals surface area (Å²) in [4.78, 5) is 11.0. The molecule has 0 unspecified atom stereocenters. The van der Waals surface area contributed by atoms with Crippen molar-refractivity contribution in [2.24, 2.45) is 5.73 Å². The van der Waals surface area contributed by atoms with Crippen molar-refractivity contribution in [3.63, 3.8) is 0 Å². The highest BCUT2D eigenvalue weighted by Crippen LogP contribution is 2.21. The van der Waals surface area contributed by atoms with Crippen LogP contribution in [0.25, 0.3) is 11.3 Å². The number of rotatable bonds is 2. The van der Waals surface area contributed by atoms with Crippen molar-refractivity contribution >= 4 is 5.91 Å². The zero-order valence-corrected chi connectivity index (χ0v) is 7.64. The van der Waals surface area contributed by atoms with Crippen molar-refractivity contribution in [1.82, 2.24) is 15.4 Å². The fourth-order valence-corrected chi connectivity index (χ4v) is 1.22. The summed E-state index contributed by atoms with van der Waals surface area (Å²) in [7, 11) is 0. The molecule has 1 heterocycles. The Bertz CT molecular complexity index is 489. The van der Waals surface area contributed by atoms with Crippen molar-refractivity contribution in [3.05, 3.63) is 30.0 Å². The summed E-state index contributed by atoms with van der Waals surface area (Å²) < 4.78 is 0. The van der Waals surface area contributed by atoms with Crippen LogP contribution >= 0.6 is 0 Å². The molecule has 6 nitrogen and oxygen atoms in total. The summed E-state index contributed by atoms with van der Waals surface area (Å²) in [6, 6.07) is 6.24. The summed E-state index contributed by atoms with van der Waals surface area (Å²) in [5.74, 6) is -0.505. The highest BCUT2D eigenvalue weighted by molar-refractivity contribution is 5.96. The van der Waals surface area contributed by atoms with E-state index in [4.69, 9.17) is 10.8 Å². The molecule has 1 aromatic carbocycles. The number of primary amides is 1. The lowest BCUT2D eigenvalue weighted by atomic mass is 10.1. The number of carbonyl (C=O) groups excluding carboxylic acids is 1. The summed E-state index contributed by atoms with van der Waals surface area (Å²) in [5.41, 5.74) is 6.24. The summed E-state index contributed by atoms with van der Waals surface area (Å²) in [6.07, 6.45) is 0. The van der Waals surface area contributed by atoms with E-state index in [-0.39, 0.29) is 11.4 Å². The third-order valence-electron chi connectivity index (χ3n) is 1.92. The second-order valence-corrected chi connectivity index (χ2v) is 2.93. The number of hydrogen-bond donors (Lipinski definition) is 3. The minimum absolute atomic E-state index is 0.0840. The van der Waals surface area contributed by atoms with Gasteiger partial charge in [0.2, 0.25) is 0 Å². The SMILES string of the molecule is NC(=O)c1n[nH]nc1-c1ccc(O)cc1. The molecular formula is C9H8N4O2. The molecule has 0 atom stereocenters. The molecule has 6 heteroatoms. The molecule has 76 valence electrons. The Morgan fingerprint density at radius 1 is 1.27 bits per heavy atom. The third kappa shape index (κ3) is 1.64. The van der Waals surface area contributed by atoms with Gasteiger partial charge in [-0.05, 0) is 24.3 Å². The van der Waals surface area contributed by atoms with Crippen LogP contribution in [-0.2, 0) is 0 Å². The number of benzene rings is 1. The monoisotopic (exact) mass is 204 g/mol. The van der Waals surface area contributed by atoms with E-state index in [1.54, 1.807) is 12.1 Å². The van der Waals surface area contributed by atoms with Gasteiger partial charge in [0.15, 0.2) is 5.69 Å². The molecule has 0 saturated heterocycles. The third-order valence-corrected chi connectivity index (χ3v) is 1.92. The first kappa shape index (κ1) is 9.20. The van der Waals surface area contributed by atoms with Gasteiger partial charge in [0, 0.05) is 5.56 Å². The lowest BCUT2D eigenvalue weighted by Gasteiger charge is -1.97. The number of aromatic amines is 1. The highest BCUT2D eigenvalue weighted by atomic mass is 16.3. The molecule has 0 aliphatic heterocycles. The molecule has 0 spiro atoms. The first-order valence-electron chi connectivity index (χ1n) is 4.18. The second-order valence-electron chi connectivity index (χ2n) is 2.93. The molecule has 0 aliphatic carbocycles. The lowest BCUT2D eigenvalue weighted by Crippen LogP contribution is -2.12. The van der Waals surface area contributed by atoms with Gasteiger partial charge in [-0.25, -0.2) is 0 Å². The fourth-order valence-electron chi connectivity index (χ4n) is 1.22. The number of aromatic hydroxyl groups is 1. The fraction of sp³-hybridized carbons (Fsp3) is 0. The molecule has 0 bridgehead atoms. The van der Waals surface area contributed by atoms with Gasteiger partial charge in [0.05, 0.1) is 0 Å². The van der Waals surface area contributed by atoms with Crippen molar-refractivity contribution < 1.29 is 9.90 Å². The molecule has 0 saturated carbocycles. The van der Waals surface area contributed by atoms with E-state index in [1.165, 1.54) is 12.1 Å². The van der Waals surface area contributed by atoms with Crippen LogP contribution in [0.5, 0.6) is 5.75 Å². The second kappa shape index (κ2) is 3.41. The molecule has 0 aliphatic rings. The lowest BCUT2D eigenvalue weighted by molar-refractivity contribution is 0.0996. The van der Waals surface area contributed by atoms with Crippen LogP contribution in [0.3, 0.4) is 0 Å². The highest BCUT2D eigenvalue weighted by Gasteiger charge is 2.14. The van der Waals surface area contributed by atoms with E-state index in [0.717, 1.165) is 0 Å². The zero-order chi connectivity index (χ0) is 10.8. The van der Waals surface area contributed by atoms with E-state index < -0.39 is 5.91 Å². The Morgan fingerprint density at radius 2 is 1.93 bits per heavy atom. The number of phenols is 1. The minimum atomic E-state index is -0.646. The molecule has 0 fully saturated rings. The molecule has 15 heavy (non-hydrogen) atoms. The largest absolute Gasteiger partial charge is 0.508 e. The van der Waals surface area contributed by atoms with Crippen LogP contribution in [0.15, 0.2) is 24.3 Å². The average Bonchev–Trinajstić information content (AvgIpc) is 2.67. The van der Waals surface area contributed by atoms with Gasteiger partial charge in [-0.15, -0.1) is 0 Å². The molecule has 2 rings (SSSR count). The number of phenolic OH excluding ortho intramolecular Hbond substituents is 1. The molecule has 1 amide bonds. The normalized spacial score (nSPS) is 10.1. The molecular weight excluding hydrogens is 196 g/mol. The Hall–Kier alpha value is -2.37. The van der Waals surface area contributed by atoms with E-state index in [9.17, 15) is 4.79 Å². The standard InChI is InChI=1S/C9H8N4O2/c10-9(15)8-7(11-13-12-8)5-1-3-6(14)4-2-5/h1-4,14H,(H2,10,15)(H,11,12,13). The van der Waals surface area contributed by atoms with Gasteiger partial charge in [-0.1, -0.05) is 0 Å². The Balaban J connectivity index is 2.49. The summed E-state index contributed by atoms with van der Waals surface area (Å²) >= 11 is 0. The maximum absolute atomic E-state index is 11.0. The van der Waals surface area contributed by atoms with Crippen LogP contribution < -0.4 is 5.73 Å². The number of nitrogens with one attached hydrogen (secondary N) is 1. The minimum Gasteiger partial charge on any atom is -0.508 e. The molecule has 2 aromatic rings. The first-order valence-corrected chi connectivity index (χ1v) is 4.18. The van der Waals surface area contributed by atoms with Gasteiger partial charge in [-0.2, -0.15) is 15.4 Å². The smallest absolute Gasteiger partial charge is 0.271 e. The van der Waals surface area contributed by atoms with Crippen LogP contribution in [0.2, 0.25) is 0 Å². The number of nitrogens with two attached hydrogens (primary N) is 1. The number of H-pyrrole nitrogens is 1. The molecule has 4 N–H and O–H groups in total. The predicted molar refractivity (Wildman–Crippen MR) is 52.0 cm³/mol. The predicted octanol–water partition coefficient (Wildman–Crippen LogP) is 0.276. The maximum atomic E-state index is 11.0. The number of nitrogens with zero attached hydrogens (tertiary/aromatic N) is 2. The maximum Gasteiger partial charge on any atom is 0.271 e. The molecule has 1 aromatic heterocycles. The van der Waals surface area contributed by atoms with E-state index in [1.807, 2.05) is 0 Å². The van der Waals surface area contributed by atoms with Crippen molar-refractivity contribution in [1.29, 1.82) is 0 Å². The van der Waals surface area contributed by atoms with Crippen molar-refractivity contribution in [2.45, 2.75) is 0 Å². The van der Waals surface area contributed by atoms with Crippen LogP contribution in [0, 0.1) is 0 Å². The first-order chi connectivity index (χ1) is 7.18. The van der Waals surface area contributed by atoms with Crippen LogP contribution in [-0.4, -0.2) is 26.4 Å². The quantitative estimate of drug-likeness (QED) is 0.653.